The first-order valence-electron chi connectivity index (χ1n) is 10.8. The van der Waals surface area contributed by atoms with Crippen molar-refractivity contribution in [1.29, 1.82) is 5.26 Å². The van der Waals surface area contributed by atoms with Crippen molar-refractivity contribution in [3.63, 3.8) is 0 Å². The lowest BCUT2D eigenvalue weighted by Gasteiger charge is -2.14. The van der Waals surface area contributed by atoms with Crippen LogP contribution in [0.2, 0.25) is 0 Å². The summed E-state index contributed by atoms with van der Waals surface area (Å²) >= 11 is 3.45. The number of carbonyl (C=O) groups is 2. The smallest absolute Gasteiger partial charge is 0.240 e. The molecule has 2 N–H and O–H groups in total. The van der Waals surface area contributed by atoms with Gasteiger partial charge in [-0.3, -0.25) is 9.59 Å². The van der Waals surface area contributed by atoms with E-state index in [-0.39, 0.29) is 25.1 Å². The van der Waals surface area contributed by atoms with Crippen molar-refractivity contribution in [2.45, 2.75) is 19.4 Å². The number of ether oxygens (including phenoxy) is 2. The van der Waals surface area contributed by atoms with Gasteiger partial charge >= 0.3 is 0 Å². The highest BCUT2D eigenvalue weighted by Gasteiger charge is 2.13. The van der Waals surface area contributed by atoms with Gasteiger partial charge in [-0.2, -0.15) is 10.4 Å². The molecule has 0 unspecified atom stereocenters. The lowest BCUT2D eigenvalue weighted by atomic mass is 10.1. The van der Waals surface area contributed by atoms with Crippen molar-refractivity contribution in [3.05, 3.63) is 87.6 Å². The van der Waals surface area contributed by atoms with Crippen molar-refractivity contribution in [3.8, 4) is 17.6 Å². The molecule has 0 aliphatic heterocycles. The Morgan fingerprint density at radius 2 is 1.83 bits per heavy atom. The number of hydrazone groups is 1. The van der Waals surface area contributed by atoms with Gasteiger partial charge in [-0.1, -0.05) is 30.3 Å². The molecule has 0 aliphatic carbocycles. The van der Waals surface area contributed by atoms with Gasteiger partial charge in [0.05, 0.1) is 35.1 Å². The van der Waals surface area contributed by atoms with Gasteiger partial charge in [-0.15, -0.1) is 0 Å². The number of para-hydroxylation sites is 1. The van der Waals surface area contributed by atoms with Crippen LogP contribution in [-0.4, -0.2) is 25.1 Å². The van der Waals surface area contributed by atoms with Crippen LogP contribution in [0.3, 0.4) is 0 Å². The standard InChI is InChI=1S/C26H22BrFN4O4/c1-35-23-13-17(12-20(27)26(23)36-16-19-7-3-2-6-18(19)14-29)15-30-32-25(34)11-10-24(33)31-22-9-5-4-8-21(22)28/h2-9,12-13,15H,10-11,16H2,1H3,(H,31,33)(H,32,34). The van der Waals surface area contributed by atoms with Crippen molar-refractivity contribution < 1.29 is 23.5 Å². The first-order valence-corrected chi connectivity index (χ1v) is 11.5. The summed E-state index contributed by atoms with van der Waals surface area (Å²) in [7, 11) is 1.49. The molecule has 3 rings (SSSR count). The number of anilines is 1. The molecule has 3 aromatic carbocycles. The molecule has 184 valence electrons. The zero-order valence-electron chi connectivity index (χ0n) is 19.3. The van der Waals surface area contributed by atoms with E-state index in [0.717, 1.165) is 5.56 Å². The summed E-state index contributed by atoms with van der Waals surface area (Å²) in [4.78, 5) is 24.0. The molecule has 10 heteroatoms. The minimum absolute atomic E-state index is 0.0575. The van der Waals surface area contributed by atoms with Crippen molar-refractivity contribution in [2.75, 3.05) is 12.4 Å². The molecule has 0 aliphatic rings. The van der Waals surface area contributed by atoms with E-state index in [1.54, 1.807) is 30.3 Å². The van der Waals surface area contributed by atoms with Crippen LogP contribution >= 0.6 is 15.9 Å². The number of halogens is 2. The summed E-state index contributed by atoms with van der Waals surface area (Å²) in [6, 6.07) is 18.5. The first kappa shape index (κ1) is 26.4. The number of rotatable bonds is 10. The number of nitriles is 1. The first-order chi connectivity index (χ1) is 17.4. The van der Waals surface area contributed by atoms with Crippen LogP contribution in [0, 0.1) is 17.1 Å². The van der Waals surface area contributed by atoms with E-state index in [1.165, 1.54) is 31.5 Å². The Bertz CT molecular complexity index is 1320. The van der Waals surface area contributed by atoms with Crippen LogP contribution < -0.4 is 20.2 Å². The summed E-state index contributed by atoms with van der Waals surface area (Å²) < 4.78 is 25.5. The third-order valence-corrected chi connectivity index (χ3v) is 5.48. The maximum Gasteiger partial charge on any atom is 0.240 e. The van der Waals surface area contributed by atoms with Gasteiger partial charge in [0.2, 0.25) is 11.8 Å². The van der Waals surface area contributed by atoms with E-state index in [0.29, 0.717) is 27.1 Å². The van der Waals surface area contributed by atoms with Crippen LogP contribution in [0.15, 0.2) is 70.2 Å². The number of amides is 2. The van der Waals surface area contributed by atoms with E-state index in [2.05, 4.69) is 37.8 Å². The molecule has 0 spiro atoms. The molecule has 0 heterocycles. The van der Waals surface area contributed by atoms with E-state index < -0.39 is 17.6 Å². The highest BCUT2D eigenvalue weighted by Crippen LogP contribution is 2.37. The van der Waals surface area contributed by atoms with Crippen LogP contribution in [-0.2, 0) is 16.2 Å². The molecule has 3 aromatic rings. The number of nitrogens with zero attached hydrogens (tertiary/aromatic N) is 2. The third kappa shape index (κ3) is 7.38. The summed E-state index contributed by atoms with van der Waals surface area (Å²) in [6.45, 7) is 0.173. The zero-order valence-corrected chi connectivity index (χ0v) is 20.8. The van der Waals surface area contributed by atoms with E-state index in [4.69, 9.17) is 9.47 Å². The Kier molecular flexibility index (Phi) is 9.54. The second kappa shape index (κ2) is 13.0. The monoisotopic (exact) mass is 552 g/mol. The van der Waals surface area contributed by atoms with Crippen LogP contribution in [0.5, 0.6) is 11.5 Å². The molecule has 0 radical (unpaired) electrons. The Hall–Kier alpha value is -4.23. The number of nitrogens with one attached hydrogen (secondary N) is 2. The predicted octanol–water partition coefficient (Wildman–Crippen LogP) is 4.92. The Morgan fingerprint density at radius 3 is 2.58 bits per heavy atom. The molecule has 0 saturated heterocycles. The predicted molar refractivity (Wildman–Crippen MR) is 136 cm³/mol. The molecule has 0 fully saturated rings. The Labute approximate surface area is 215 Å². The molecular weight excluding hydrogens is 531 g/mol. The fourth-order valence-corrected chi connectivity index (χ4v) is 3.67. The van der Waals surface area contributed by atoms with Gasteiger partial charge < -0.3 is 14.8 Å². The zero-order chi connectivity index (χ0) is 25.9. The van der Waals surface area contributed by atoms with Gasteiger partial charge in [0.1, 0.15) is 12.4 Å². The minimum atomic E-state index is -0.551. The van der Waals surface area contributed by atoms with Crippen molar-refractivity contribution in [2.24, 2.45) is 5.10 Å². The quantitative estimate of drug-likeness (QED) is 0.274. The maximum atomic E-state index is 13.6. The number of hydrogen-bond donors (Lipinski definition) is 2. The average Bonchev–Trinajstić information content (AvgIpc) is 2.88. The molecule has 0 atom stereocenters. The van der Waals surface area contributed by atoms with Crippen molar-refractivity contribution in [1.82, 2.24) is 5.43 Å². The van der Waals surface area contributed by atoms with Crippen LogP contribution in [0.4, 0.5) is 10.1 Å². The minimum Gasteiger partial charge on any atom is -0.493 e. The normalized spacial score (nSPS) is 10.5. The van der Waals surface area contributed by atoms with Crippen molar-refractivity contribution >= 4 is 39.6 Å². The molecule has 0 saturated carbocycles. The topological polar surface area (TPSA) is 113 Å². The highest BCUT2D eigenvalue weighted by atomic mass is 79.9. The van der Waals surface area contributed by atoms with E-state index >= 15 is 0 Å². The van der Waals surface area contributed by atoms with Gasteiger partial charge in [-0.05, 0) is 51.8 Å². The SMILES string of the molecule is COc1cc(C=NNC(=O)CCC(=O)Nc2ccccc2F)cc(Br)c1OCc1ccccc1C#N. The maximum absolute atomic E-state index is 13.6. The van der Waals surface area contributed by atoms with Crippen LogP contribution in [0.25, 0.3) is 0 Å². The lowest BCUT2D eigenvalue weighted by Crippen LogP contribution is -2.21. The Morgan fingerprint density at radius 1 is 1.11 bits per heavy atom. The van der Waals surface area contributed by atoms with Gasteiger partial charge in [-0.25, -0.2) is 9.82 Å². The number of hydrogen-bond acceptors (Lipinski definition) is 6. The Balaban J connectivity index is 1.54. The second-order valence-corrected chi connectivity index (χ2v) is 8.27. The van der Waals surface area contributed by atoms with E-state index in [1.807, 2.05) is 12.1 Å². The molecule has 2 amide bonds. The molecule has 8 nitrogen and oxygen atoms in total. The fourth-order valence-electron chi connectivity index (χ4n) is 3.10. The largest absolute Gasteiger partial charge is 0.493 e. The summed E-state index contributed by atoms with van der Waals surface area (Å²) in [5.41, 5.74) is 4.29. The lowest BCUT2D eigenvalue weighted by molar-refractivity contribution is -0.124. The molecule has 0 aromatic heterocycles. The summed E-state index contributed by atoms with van der Waals surface area (Å²) in [5, 5.41) is 15.6. The van der Waals surface area contributed by atoms with Gasteiger partial charge in [0, 0.05) is 18.4 Å². The highest BCUT2D eigenvalue weighted by molar-refractivity contribution is 9.10. The molecular formula is C26H22BrFN4O4. The van der Waals surface area contributed by atoms with Crippen LogP contribution in [0.1, 0.15) is 29.5 Å². The van der Waals surface area contributed by atoms with Gasteiger partial charge in [0.15, 0.2) is 11.5 Å². The fraction of sp³-hybridized carbons (Fsp3) is 0.154. The van der Waals surface area contributed by atoms with E-state index in [9.17, 15) is 19.2 Å². The summed E-state index contributed by atoms with van der Waals surface area (Å²) in [6.07, 6.45) is 1.16. The molecule has 0 bridgehead atoms. The number of carbonyl (C=O) groups excluding carboxylic acids is 2. The number of methoxy groups -OCH3 is 1. The number of benzene rings is 3. The molecule has 36 heavy (non-hydrogen) atoms. The second-order valence-electron chi connectivity index (χ2n) is 7.41. The van der Waals surface area contributed by atoms with Gasteiger partial charge in [0.25, 0.3) is 0 Å². The third-order valence-electron chi connectivity index (χ3n) is 4.89. The summed E-state index contributed by atoms with van der Waals surface area (Å²) in [5.74, 6) is -0.633. The average molecular weight is 553 g/mol.